The van der Waals surface area contributed by atoms with E-state index in [1.54, 1.807) is 12.1 Å². The van der Waals surface area contributed by atoms with E-state index < -0.39 is 0 Å². The van der Waals surface area contributed by atoms with Crippen molar-refractivity contribution in [3.05, 3.63) is 54.3 Å². The standard InChI is InChI=1S/C23H25FN4O/c24-18-9-7-17(8-10-18)22-20-5-1-2-6-21(20)23(26-25-22)28-13-11-27(12-14-28)16-19-4-3-15-29-19/h1-2,5-10,19H,3-4,11-16H2/t19-/m0/s1. The molecule has 2 fully saturated rings. The zero-order valence-electron chi connectivity index (χ0n) is 16.4. The molecule has 0 spiro atoms. The average molecular weight is 392 g/mol. The summed E-state index contributed by atoms with van der Waals surface area (Å²) in [5, 5.41) is 11.3. The molecule has 150 valence electrons. The molecule has 0 bridgehead atoms. The van der Waals surface area contributed by atoms with Crippen LogP contribution in [0.3, 0.4) is 0 Å². The topological polar surface area (TPSA) is 41.5 Å². The van der Waals surface area contributed by atoms with Crippen molar-refractivity contribution < 1.29 is 9.13 Å². The Labute approximate surface area is 170 Å². The minimum atomic E-state index is -0.247. The minimum Gasteiger partial charge on any atom is -0.377 e. The zero-order chi connectivity index (χ0) is 19.6. The van der Waals surface area contributed by atoms with Gasteiger partial charge in [-0.1, -0.05) is 24.3 Å². The molecule has 0 unspecified atom stereocenters. The highest BCUT2D eigenvalue weighted by Crippen LogP contribution is 2.31. The van der Waals surface area contributed by atoms with Crippen LogP contribution in [0, 0.1) is 5.82 Å². The van der Waals surface area contributed by atoms with Crippen LogP contribution >= 0.6 is 0 Å². The van der Waals surface area contributed by atoms with Gasteiger partial charge in [0.1, 0.15) is 11.5 Å². The fourth-order valence-corrected chi connectivity index (χ4v) is 4.36. The first-order chi connectivity index (χ1) is 14.3. The molecule has 5 rings (SSSR count). The molecule has 2 aromatic carbocycles. The van der Waals surface area contributed by atoms with Gasteiger partial charge in [-0.05, 0) is 37.1 Å². The van der Waals surface area contributed by atoms with E-state index >= 15 is 0 Å². The maximum absolute atomic E-state index is 13.3. The van der Waals surface area contributed by atoms with Crippen molar-refractivity contribution in [3.8, 4) is 11.3 Å². The fraction of sp³-hybridized carbons (Fsp3) is 0.391. The number of benzene rings is 2. The molecule has 0 radical (unpaired) electrons. The number of rotatable bonds is 4. The molecular formula is C23H25FN4O. The number of hydrogen-bond donors (Lipinski definition) is 0. The summed E-state index contributed by atoms with van der Waals surface area (Å²) >= 11 is 0. The molecule has 2 aliphatic heterocycles. The third-order valence-corrected chi connectivity index (χ3v) is 5.94. The van der Waals surface area contributed by atoms with Gasteiger partial charge in [-0.2, -0.15) is 0 Å². The van der Waals surface area contributed by atoms with Crippen LogP contribution in [-0.4, -0.2) is 60.5 Å². The van der Waals surface area contributed by atoms with Crippen molar-refractivity contribution in [2.45, 2.75) is 18.9 Å². The monoisotopic (exact) mass is 392 g/mol. The Balaban J connectivity index is 1.38. The second-order valence-corrected chi connectivity index (χ2v) is 7.85. The molecule has 3 aromatic rings. The second kappa shape index (κ2) is 8.05. The molecule has 2 aliphatic rings. The van der Waals surface area contributed by atoms with Gasteiger partial charge < -0.3 is 9.64 Å². The van der Waals surface area contributed by atoms with Crippen LogP contribution < -0.4 is 4.90 Å². The highest BCUT2D eigenvalue weighted by atomic mass is 19.1. The van der Waals surface area contributed by atoms with Gasteiger partial charge in [0.2, 0.25) is 0 Å². The van der Waals surface area contributed by atoms with Gasteiger partial charge in [-0.25, -0.2) is 4.39 Å². The summed E-state index contributed by atoms with van der Waals surface area (Å²) in [6, 6.07) is 14.7. The number of aromatic nitrogens is 2. The largest absolute Gasteiger partial charge is 0.377 e. The van der Waals surface area contributed by atoms with E-state index in [-0.39, 0.29) is 5.82 Å². The van der Waals surface area contributed by atoms with E-state index in [1.165, 1.54) is 25.0 Å². The lowest BCUT2D eigenvalue weighted by Gasteiger charge is -2.36. The van der Waals surface area contributed by atoms with Crippen LogP contribution in [0.15, 0.2) is 48.5 Å². The lowest BCUT2D eigenvalue weighted by Crippen LogP contribution is -2.48. The van der Waals surface area contributed by atoms with Crippen LogP contribution in [0.25, 0.3) is 22.0 Å². The molecule has 0 N–H and O–H groups in total. The van der Waals surface area contributed by atoms with Gasteiger partial charge in [-0.15, -0.1) is 10.2 Å². The molecule has 29 heavy (non-hydrogen) atoms. The molecule has 6 heteroatoms. The molecular weight excluding hydrogens is 367 g/mol. The summed E-state index contributed by atoms with van der Waals surface area (Å²) in [6.07, 6.45) is 2.77. The normalized spacial score (nSPS) is 20.4. The maximum atomic E-state index is 13.3. The first-order valence-electron chi connectivity index (χ1n) is 10.4. The predicted molar refractivity (Wildman–Crippen MR) is 113 cm³/mol. The van der Waals surface area contributed by atoms with Gasteiger partial charge in [0.15, 0.2) is 5.82 Å². The predicted octanol–water partition coefficient (Wildman–Crippen LogP) is 3.74. The van der Waals surface area contributed by atoms with E-state index in [9.17, 15) is 4.39 Å². The average Bonchev–Trinajstić information content (AvgIpc) is 3.27. The smallest absolute Gasteiger partial charge is 0.159 e. The number of nitrogens with zero attached hydrogens (tertiary/aromatic N) is 4. The Bertz CT molecular complexity index is 980. The summed E-state index contributed by atoms with van der Waals surface area (Å²) in [5.41, 5.74) is 1.67. The third kappa shape index (κ3) is 3.82. The Morgan fingerprint density at radius 2 is 1.69 bits per heavy atom. The van der Waals surface area contributed by atoms with Crippen LogP contribution in [0.2, 0.25) is 0 Å². The quantitative estimate of drug-likeness (QED) is 0.677. The second-order valence-electron chi connectivity index (χ2n) is 7.85. The summed E-state index contributed by atoms with van der Waals surface area (Å²) in [7, 11) is 0. The van der Waals surface area contributed by atoms with Crippen LogP contribution in [0.1, 0.15) is 12.8 Å². The van der Waals surface area contributed by atoms with E-state index in [0.717, 1.165) is 67.2 Å². The van der Waals surface area contributed by atoms with Crippen LogP contribution in [0.5, 0.6) is 0 Å². The van der Waals surface area contributed by atoms with Crippen molar-refractivity contribution in [2.75, 3.05) is 44.2 Å². The van der Waals surface area contributed by atoms with Crippen LogP contribution in [0.4, 0.5) is 10.2 Å². The number of piperazine rings is 1. The van der Waals surface area contributed by atoms with Crippen molar-refractivity contribution in [1.29, 1.82) is 0 Å². The van der Waals surface area contributed by atoms with E-state index in [0.29, 0.717) is 6.10 Å². The molecule has 1 atom stereocenters. The Kier molecular flexibility index (Phi) is 5.12. The van der Waals surface area contributed by atoms with Gasteiger partial charge in [-0.3, -0.25) is 4.90 Å². The summed E-state index contributed by atoms with van der Waals surface area (Å²) in [4.78, 5) is 4.82. The van der Waals surface area contributed by atoms with E-state index in [1.807, 2.05) is 12.1 Å². The van der Waals surface area contributed by atoms with Crippen molar-refractivity contribution in [1.82, 2.24) is 15.1 Å². The highest BCUT2D eigenvalue weighted by Gasteiger charge is 2.24. The van der Waals surface area contributed by atoms with Crippen molar-refractivity contribution in [2.24, 2.45) is 0 Å². The lowest BCUT2D eigenvalue weighted by molar-refractivity contribution is 0.0712. The lowest BCUT2D eigenvalue weighted by atomic mass is 10.0. The van der Waals surface area contributed by atoms with E-state index in [2.05, 4.69) is 32.1 Å². The number of anilines is 1. The Morgan fingerprint density at radius 3 is 2.41 bits per heavy atom. The first kappa shape index (κ1) is 18.5. The third-order valence-electron chi connectivity index (χ3n) is 5.94. The maximum Gasteiger partial charge on any atom is 0.159 e. The van der Waals surface area contributed by atoms with Gasteiger partial charge in [0, 0.05) is 55.7 Å². The zero-order valence-corrected chi connectivity index (χ0v) is 16.4. The number of ether oxygens (including phenoxy) is 1. The fourth-order valence-electron chi connectivity index (χ4n) is 4.36. The van der Waals surface area contributed by atoms with Crippen LogP contribution in [-0.2, 0) is 4.74 Å². The summed E-state index contributed by atoms with van der Waals surface area (Å²) < 4.78 is 19.1. The SMILES string of the molecule is Fc1ccc(-c2nnc(N3CCN(C[C@@H]4CCCO4)CC3)c3ccccc23)cc1. The molecule has 2 saturated heterocycles. The summed E-state index contributed by atoms with van der Waals surface area (Å²) in [6.45, 7) is 5.82. The van der Waals surface area contributed by atoms with Gasteiger partial charge >= 0.3 is 0 Å². The molecule has 0 saturated carbocycles. The van der Waals surface area contributed by atoms with Gasteiger partial charge in [0.05, 0.1) is 6.10 Å². The first-order valence-corrected chi connectivity index (χ1v) is 10.4. The van der Waals surface area contributed by atoms with Crippen molar-refractivity contribution >= 4 is 16.6 Å². The molecule has 5 nitrogen and oxygen atoms in total. The van der Waals surface area contributed by atoms with Gasteiger partial charge in [0.25, 0.3) is 0 Å². The number of fused-ring (bicyclic) bond motifs is 1. The van der Waals surface area contributed by atoms with E-state index in [4.69, 9.17) is 4.74 Å². The number of halogens is 1. The minimum absolute atomic E-state index is 0.247. The molecule has 3 heterocycles. The highest BCUT2D eigenvalue weighted by molar-refractivity contribution is 6.00. The Morgan fingerprint density at radius 1 is 0.931 bits per heavy atom. The summed E-state index contributed by atoms with van der Waals surface area (Å²) in [5.74, 6) is 0.687. The Hall–Kier alpha value is -2.57. The molecule has 0 amide bonds. The molecule has 1 aromatic heterocycles. The van der Waals surface area contributed by atoms with Crippen molar-refractivity contribution in [3.63, 3.8) is 0 Å². The number of hydrogen-bond acceptors (Lipinski definition) is 5. The molecule has 0 aliphatic carbocycles.